The number of benzene rings is 1. The van der Waals surface area contributed by atoms with Crippen molar-refractivity contribution in [2.24, 2.45) is 11.1 Å². The van der Waals surface area contributed by atoms with Crippen LogP contribution in [0.4, 0.5) is 0 Å². The Morgan fingerprint density at radius 1 is 1.10 bits per heavy atom. The summed E-state index contributed by atoms with van der Waals surface area (Å²) in [6.07, 6.45) is 0.488. The zero-order chi connectivity index (χ0) is 15.4. The predicted octanol–water partition coefficient (Wildman–Crippen LogP) is 0.452. The fraction of sp³-hybridized carbons (Fsp3) is 0.500. The lowest BCUT2D eigenvalue weighted by molar-refractivity contribution is 0.568. The maximum atomic E-state index is 11.6. The van der Waals surface area contributed by atoms with Crippen LogP contribution in [0.25, 0.3) is 0 Å². The van der Waals surface area contributed by atoms with Crippen LogP contribution in [0.15, 0.2) is 29.2 Å². The molecule has 0 aliphatic rings. The van der Waals surface area contributed by atoms with Gasteiger partial charge < -0.3 is 0 Å². The minimum atomic E-state index is -3.69. The first-order valence-electron chi connectivity index (χ1n) is 6.19. The van der Waals surface area contributed by atoms with Crippen LogP contribution in [0.5, 0.6) is 0 Å². The highest BCUT2D eigenvalue weighted by Gasteiger charge is 2.12. The third-order valence-electron chi connectivity index (χ3n) is 2.54. The summed E-state index contributed by atoms with van der Waals surface area (Å²) < 4.78 is 47.9. The van der Waals surface area contributed by atoms with E-state index in [1.165, 1.54) is 12.1 Å². The van der Waals surface area contributed by atoms with Gasteiger partial charge in [0.25, 0.3) is 0 Å². The highest BCUT2D eigenvalue weighted by molar-refractivity contribution is 7.89. The molecule has 6 nitrogen and oxygen atoms in total. The molecule has 1 aromatic carbocycles. The topological polar surface area (TPSA) is 106 Å². The summed E-state index contributed by atoms with van der Waals surface area (Å²) in [5.41, 5.74) is 0.838. The third-order valence-corrected chi connectivity index (χ3v) is 5.22. The first-order valence-corrected chi connectivity index (χ1v) is 9.39. The lowest BCUT2D eigenvalue weighted by Gasteiger charge is -2.08. The van der Waals surface area contributed by atoms with Gasteiger partial charge in [-0.1, -0.05) is 26.0 Å². The lowest BCUT2D eigenvalue weighted by Crippen LogP contribution is -2.30. The van der Waals surface area contributed by atoms with Crippen molar-refractivity contribution in [2.75, 3.05) is 12.3 Å². The average Bonchev–Trinajstić information content (AvgIpc) is 2.26. The minimum Gasteiger partial charge on any atom is -0.225 e. The molecule has 0 saturated heterocycles. The molecule has 3 N–H and O–H groups in total. The van der Waals surface area contributed by atoms with Crippen molar-refractivity contribution in [2.45, 2.75) is 25.2 Å². The molecular formula is C12H20N2O4S2. The summed E-state index contributed by atoms with van der Waals surface area (Å²) in [5.74, 6) is 0.165. The summed E-state index contributed by atoms with van der Waals surface area (Å²) >= 11 is 0. The van der Waals surface area contributed by atoms with Crippen molar-refractivity contribution >= 4 is 20.0 Å². The average molecular weight is 320 g/mol. The molecule has 0 fully saturated rings. The summed E-state index contributed by atoms with van der Waals surface area (Å²) in [6, 6.07) is 6.06. The molecular weight excluding hydrogens is 300 g/mol. The molecule has 0 heterocycles. The van der Waals surface area contributed by atoms with Crippen LogP contribution in [0.2, 0.25) is 0 Å². The Hall–Kier alpha value is -0.960. The number of hydrogen-bond donors (Lipinski definition) is 2. The second-order valence-corrected chi connectivity index (χ2v) is 8.42. The monoisotopic (exact) mass is 320 g/mol. The number of primary sulfonamides is 1. The zero-order valence-electron chi connectivity index (χ0n) is 11.5. The van der Waals surface area contributed by atoms with Crippen LogP contribution < -0.4 is 9.86 Å². The van der Waals surface area contributed by atoms with Crippen molar-refractivity contribution in [1.29, 1.82) is 0 Å². The first-order chi connectivity index (χ1) is 9.10. The standard InChI is InChI=1S/C12H20N2O4S2/c1-10(2)9-19(15,16)14-8-7-11-3-5-12(6-4-11)20(13,17)18/h3-6,10,14H,7-9H2,1-2H3,(H2,13,17,18). The molecule has 0 radical (unpaired) electrons. The van der Waals surface area contributed by atoms with Crippen LogP contribution in [0.1, 0.15) is 19.4 Å². The molecule has 0 saturated carbocycles. The van der Waals surface area contributed by atoms with E-state index in [4.69, 9.17) is 5.14 Å². The van der Waals surface area contributed by atoms with Gasteiger partial charge in [0, 0.05) is 6.54 Å². The van der Waals surface area contributed by atoms with E-state index in [2.05, 4.69) is 4.72 Å². The summed E-state index contributed by atoms with van der Waals surface area (Å²) in [7, 11) is -6.94. The highest BCUT2D eigenvalue weighted by atomic mass is 32.2. The van der Waals surface area contributed by atoms with Gasteiger partial charge >= 0.3 is 0 Å². The second-order valence-electron chi connectivity index (χ2n) is 5.01. The van der Waals surface area contributed by atoms with E-state index in [0.29, 0.717) is 6.42 Å². The molecule has 20 heavy (non-hydrogen) atoms. The van der Waals surface area contributed by atoms with E-state index >= 15 is 0 Å². The molecule has 0 aliphatic carbocycles. The normalized spacial score (nSPS) is 12.8. The van der Waals surface area contributed by atoms with Crippen molar-refractivity contribution in [3.05, 3.63) is 29.8 Å². The predicted molar refractivity (Wildman–Crippen MR) is 78.1 cm³/mol. The van der Waals surface area contributed by atoms with Crippen LogP contribution in [-0.4, -0.2) is 29.1 Å². The Bertz CT molecular complexity index is 635. The molecule has 0 unspecified atom stereocenters. The Morgan fingerprint density at radius 3 is 2.10 bits per heavy atom. The third kappa shape index (κ3) is 6.00. The second kappa shape index (κ2) is 6.66. The van der Waals surface area contributed by atoms with Gasteiger partial charge in [-0.3, -0.25) is 0 Å². The summed E-state index contributed by atoms with van der Waals surface area (Å²) in [6.45, 7) is 3.96. The van der Waals surface area contributed by atoms with Gasteiger partial charge in [-0.2, -0.15) is 0 Å². The zero-order valence-corrected chi connectivity index (χ0v) is 13.2. The van der Waals surface area contributed by atoms with Gasteiger partial charge in [0.15, 0.2) is 0 Å². The van der Waals surface area contributed by atoms with Crippen molar-refractivity contribution < 1.29 is 16.8 Å². The fourth-order valence-electron chi connectivity index (χ4n) is 1.69. The van der Waals surface area contributed by atoms with Crippen molar-refractivity contribution in [1.82, 2.24) is 4.72 Å². The van der Waals surface area contributed by atoms with Gasteiger partial charge in [0.2, 0.25) is 20.0 Å². The summed E-state index contributed by atoms with van der Waals surface area (Å²) in [4.78, 5) is 0.0432. The van der Waals surface area contributed by atoms with Gasteiger partial charge in [-0.05, 0) is 30.0 Å². The largest absolute Gasteiger partial charge is 0.238 e. The molecule has 0 bridgehead atoms. The van der Waals surface area contributed by atoms with Crippen LogP contribution >= 0.6 is 0 Å². The van der Waals surface area contributed by atoms with E-state index in [-0.39, 0.29) is 23.1 Å². The molecule has 8 heteroatoms. The smallest absolute Gasteiger partial charge is 0.225 e. The number of rotatable bonds is 7. The van der Waals surface area contributed by atoms with E-state index < -0.39 is 20.0 Å². The van der Waals surface area contributed by atoms with E-state index in [1.807, 2.05) is 13.8 Å². The summed E-state index contributed by atoms with van der Waals surface area (Å²) in [5, 5.41) is 4.99. The Kier molecular flexibility index (Phi) is 5.69. The maximum Gasteiger partial charge on any atom is 0.238 e. The minimum absolute atomic E-state index is 0.0432. The number of nitrogens with one attached hydrogen (secondary N) is 1. The Labute approximate surface area is 120 Å². The maximum absolute atomic E-state index is 11.6. The quantitative estimate of drug-likeness (QED) is 0.760. The van der Waals surface area contributed by atoms with Crippen LogP contribution in [-0.2, 0) is 26.5 Å². The van der Waals surface area contributed by atoms with Gasteiger partial charge in [-0.15, -0.1) is 0 Å². The highest BCUT2D eigenvalue weighted by Crippen LogP contribution is 2.09. The molecule has 0 atom stereocenters. The molecule has 0 aromatic heterocycles. The van der Waals surface area contributed by atoms with Crippen molar-refractivity contribution in [3.63, 3.8) is 0 Å². The van der Waals surface area contributed by atoms with E-state index in [9.17, 15) is 16.8 Å². The molecule has 1 aromatic rings. The van der Waals surface area contributed by atoms with Gasteiger partial charge in [-0.25, -0.2) is 26.7 Å². The Balaban J connectivity index is 2.55. The van der Waals surface area contributed by atoms with Gasteiger partial charge in [0.05, 0.1) is 10.6 Å². The molecule has 114 valence electrons. The van der Waals surface area contributed by atoms with Crippen LogP contribution in [0.3, 0.4) is 0 Å². The Morgan fingerprint density at radius 2 is 1.65 bits per heavy atom. The van der Waals surface area contributed by atoms with E-state index in [1.54, 1.807) is 12.1 Å². The molecule has 0 aliphatic heterocycles. The lowest BCUT2D eigenvalue weighted by atomic mass is 10.2. The number of hydrogen-bond acceptors (Lipinski definition) is 4. The SMILES string of the molecule is CC(C)CS(=O)(=O)NCCc1ccc(S(N)(=O)=O)cc1. The van der Waals surface area contributed by atoms with Gasteiger partial charge in [0.1, 0.15) is 0 Å². The van der Waals surface area contributed by atoms with Crippen molar-refractivity contribution in [3.8, 4) is 0 Å². The molecule has 0 amide bonds. The first kappa shape index (κ1) is 17.1. The number of sulfonamides is 2. The molecule has 0 spiro atoms. The van der Waals surface area contributed by atoms with Crippen LogP contribution in [0, 0.1) is 5.92 Å². The number of nitrogens with two attached hydrogens (primary N) is 1. The molecule has 1 rings (SSSR count). The fourth-order valence-corrected chi connectivity index (χ4v) is 3.62. The van der Waals surface area contributed by atoms with E-state index in [0.717, 1.165) is 5.56 Å².